The molecule has 3 aromatic carbocycles. The third-order valence-electron chi connectivity index (χ3n) is 9.87. The quantitative estimate of drug-likeness (QED) is 0.121. The first kappa shape index (κ1) is 31.6. The van der Waals surface area contributed by atoms with Crippen molar-refractivity contribution in [1.82, 2.24) is 19.4 Å². The van der Waals surface area contributed by atoms with Crippen LogP contribution in [0, 0.1) is 6.92 Å². The zero-order valence-electron chi connectivity index (χ0n) is 28.2. The monoisotopic (exact) mass is 659 g/mol. The van der Waals surface area contributed by atoms with Crippen molar-refractivity contribution < 1.29 is 14.6 Å². The number of hydrogen-bond donors (Lipinski definition) is 2. The number of aromatic nitrogens is 3. The fourth-order valence-electron chi connectivity index (χ4n) is 7.25. The molecule has 0 bridgehead atoms. The minimum absolute atomic E-state index is 0.0179. The third kappa shape index (κ3) is 6.94. The Morgan fingerprint density at radius 1 is 0.796 bits per heavy atom. The average Bonchev–Trinajstić information content (AvgIpc) is 3.86. The molecule has 0 radical (unpaired) electrons. The van der Waals surface area contributed by atoms with Gasteiger partial charge in [-0.05, 0) is 80.3 Å². The smallest absolute Gasteiger partial charge is 0.204 e. The van der Waals surface area contributed by atoms with Gasteiger partial charge in [0, 0.05) is 38.4 Å². The SMILES string of the molecule is Cc1ccc(O)c(Cn2c(NCCCN3CCOCC3)nc3ccc(CN4c5ccccc5N(CCCc5ccccc5)C5OC54)cc32)n1. The van der Waals surface area contributed by atoms with Gasteiger partial charge in [0.05, 0.1) is 42.2 Å². The molecule has 2 aromatic heterocycles. The van der Waals surface area contributed by atoms with Gasteiger partial charge in [-0.3, -0.25) is 9.88 Å². The van der Waals surface area contributed by atoms with E-state index < -0.39 is 0 Å². The van der Waals surface area contributed by atoms with E-state index in [9.17, 15) is 5.11 Å². The van der Waals surface area contributed by atoms with Crippen LogP contribution in [0.4, 0.5) is 17.3 Å². The molecule has 49 heavy (non-hydrogen) atoms. The minimum atomic E-state index is 0.0179. The number of nitrogens with one attached hydrogen (secondary N) is 1. The van der Waals surface area contributed by atoms with E-state index in [0.717, 1.165) is 87.9 Å². The number of nitrogens with zero attached hydrogens (tertiary/aromatic N) is 6. The lowest BCUT2D eigenvalue weighted by Gasteiger charge is -2.35. The molecule has 5 aromatic rings. The lowest BCUT2D eigenvalue weighted by molar-refractivity contribution is 0.0378. The van der Waals surface area contributed by atoms with Crippen molar-refractivity contribution in [3.8, 4) is 5.75 Å². The second kappa shape index (κ2) is 14.1. The van der Waals surface area contributed by atoms with Crippen molar-refractivity contribution in [3.63, 3.8) is 0 Å². The van der Waals surface area contributed by atoms with Gasteiger partial charge in [0.1, 0.15) is 11.4 Å². The predicted octanol–water partition coefficient (Wildman–Crippen LogP) is 5.77. The van der Waals surface area contributed by atoms with Crippen molar-refractivity contribution >= 4 is 28.4 Å². The summed E-state index contributed by atoms with van der Waals surface area (Å²) in [5, 5.41) is 14.3. The van der Waals surface area contributed by atoms with Crippen molar-refractivity contribution in [2.75, 3.05) is 61.1 Å². The molecule has 10 nitrogen and oxygen atoms in total. The summed E-state index contributed by atoms with van der Waals surface area (Å²) < 4.78 is 14.0. The summed E-state index contributed by atoms with van der Waals surface area (Å²) in [6, 6.07) is 29.5. The molecule has 3 aliphatic rings. The van der Waals surface area contributed by atoms with Gasteiger partial charge in [0.15, 0.2) is 12.5 Å². The topological polar surface area (TPSA) is 94.4 Å². The number of rotatable bonds is 13. The van der Waals surface area contributed by atoms with Crippen LogP contribution >= 0.6 is 0 Å². The van der Waals surface area contributed by atoms with E-state index in [0.29, 0.717) is 18.8 Å². The van der Waals surface area contributed by atoms with E-state index in [-0.39, 0.29) is 18.2 Å². The highest BCUT2D eigenvalue weighted by atomic mass is 16.6. The van der Waals surface area contributed by atoms with Crippen LogP contribution in [-0.2, 0) is 29.0 Å². The van der Waals surface area contributed by atoms with Crippen LogP contribution in [0.2, 0.25) is 0 Å². The van der Waals surface area contributed by atoms with Crippen LogP contribution in [0.3, 0.4) is 0 Å². The number of fused-ring (bicyclic) bond motifs is 3. The molecule has 8 rings (SSSR count). The molecular formula is C39H45N7O3. The van der Waals surface area contributed by atoms with Gasteiger partial charge in [0.25, 0.3) is 0 Å². The molecule has 2 atom stereocenters. The maximum atomic E-state index is 10.7. The zero-order chi connectivity index (χ0) is 33.2. The Kier molecular flexibility index (Phi) is 9.08. The summed E-state index contributed by atoms with van der Waals surface area (Å²) in [6.07, 6.45) is 3.20. The van der Waals surface area contributed by atoms with Gasteiger partial charge in [-0.15, -0.1) is 0 Å². The Balaban J connectivity index is 1.02. The number of epoxide rings is 1. The number of anilines is 3. The number of aromatic hydroxyl groups is 1. The zero-order valence-corrected chi connectivity index (χ0v) is 28.2. The summed E-state index contributed by atoms with van der Waals surface area (Å²) in [5.41, 5.74) is 8.40. The molecule has 0 spiro atoms. The number of para-hydroxylation sites is 2. The average molecular weight is 660 g/mol. The predicted molar refractivity (Wildman–Crippen MR) is 193 cm³/mol. The largest absolute Gasteiger partial charge is 0.506 e. The van der Waals surface area contributed by atoms with Crippen molar-refractivity contribution in [2.45, 2.75) is 51.7 Å². The van der Waals surface area contributed by atoms with Crippen LogP contribution in [-0.4, -0.2) is 82.9 Å². The molecule has 0 aliphatic carbocycles. The standard InChI is InChI=1S/C39H45N7O3/c1-28-14-17-36(47)32(41-28)27-46-35-25-30(15-16-31(35)42-39(46)40-18-8-19-43-21-23-48-24-22-43)26-45-34-13-6-5-12-33(34)44(37-38(45)49-37)20-7-11-29-9-3-2-4-10-29/h2-6,9-10,12-17,25,37-38,47H,7-8,11,18-24,26-27H2,1H3,(H,40,42). The van der Waals surface area contributed by atoms with E-state index in [1.165, 1.54) is 22.5 Å². The molecule has 2 saturated heterocycles. The van der Waals surface area contributed by atoms with Crippen LogP contribution in [0.5, 0.6) is 5.75 Å². The highest BCUT2D eigenvalue weighted by molar-refractivity contribution is 5.80. The van der Waals surface area contributed by atoms with E-state index in [4.69, 9.17) is 14.5 Å². The van der Waals surface area contributed by atoms with Crippen molar-refractivity contribution in [3.05, 3.63) is 107 Å². The number of benzene rings is 3. The highest BCUT2D eigenvalue weighted by Gasteiger charge is 2.52. The molecule has 2 unspecified atom stereocenters. The summed E-state index contributed by atoms with van der Waals surface area (Å²) in [4.78, 5) is 17.0. The van der Waals surface area contributed by atoms with Gasteiger partial charge in [-0.25, -0.2) is 4.98 Å². The lowest BCUT2D eigenvalue weighted by atomic mass is 10.1. The molecule has 2 N–H and O–H groups in total. The number of imidazole rings is 1. The van der Waals surface area contributed by atoms with Crippen LogP contribution < -0.4 is 15.1 Å². The van der Waals surface area contributed by atoms with Gasteiger partial charge >= 0.3 is 0 Å². The van der Waals surface area contributed by atoms with Gasteiger partial charge in [-0.2, -0.15) is 0 Å². The maximum Gasteiger partial charge on any atom is 0.204 e. The van der Waals surface area contributed by atoms with Crippen LogP contribution in [0.15, 0.2) is 84.9 Å². The molecule has 0 saturated carbocycles. The number of aryl methyl sites for hydroxylation is 2. The van der Waals surface area contributed by atoms with E-state index in [1.54, 1.807) is 6.07 Å². The number of hydrogen-bond acceptors (Lipinski definition) is 9. The second-order valence-electron chi connectivity index (χ2n) is 13.3. The number of morpholine rings is 1. The molecule has 3 aliphatic heterocycles. The fourth-order valence-corrected chi connectivity index (χ4v) is 7.25. The molecular weight excluding hydrogens is 614 g/mol. The van der Waals surface area contributed by atoms with Crippen LogP contribution in [0.1, 0.15) is 35.4 Å². The molecule has 5 heterocycles. The van der Waals surface area contributed by atoms with E-state index in [1.807, 2.05) is 13.0 Å². The third-order valence-corrected chi connectivity index (χ3v) is 9.87. The van der Waals surface area contributed by atoms with Crippen LogP contribution in [0.25, 0.3) is 11.0 Å². The van der Waals surface area contributed by atoms with Crippen molar-refractivity contribution in [2.24, 2.45) is 0 Å². The number of pyridine rings is 1. The Morgan fingerprint density at radius 2 is 1.57 bits per heavy atom. The van der Waals surface area contributed by atoms with Gasteiger partial charge < -0.3 is 34.3 Å². The molecule has 2 fully saturated rings. The molecule has 0 amide bonds. The Bertz CT molecular complexity index is 1890. The second-order valence-corrected chi connectivity index (χ2v) is 13.3. The summed E-state index contributed by atoms with van der Waals surface area (Å²) >= 11 is 0. The van der Waals surface area contributed by atoms with Gasteiger partial charge in [0.2, 0.25) is 5.95 Å². The summed E-state index contributed by atoms with van der Waals surface area (Å²) in [5.74, 6) is 0.980. The maximum absolute atomic E-state index is 10.7. The first-order valence-electron chi connectivity index (χ1n) is 17.6. The fraction of sp³-hybridized carbons (Fsp3) is 0.385. The Labute approximate surface area is 287 Å². The first-order valence-corrected chi connectivity index (χ1v) is 17.6. The lowest BCUT2D eigenvalue weighted by Crippen LogP contribution is -2.41. The van der Waals surface area contributed by atoms with Gasteiger partial charge in [-0.1, -0.05) is 48.5 Å². The van der Waals surface area contributed by atoms with Crippen molar-refractivity contribution in [1.29, 1.82) is 0 Å². The highest BCUT2D eigenvalue weighted by Crippen LogP contribution is 2.47. The summed E-state index contributed by atoms with van der Waals surface area (Å²) in [7, 11) is 0. The number of ether oxygens (including phenoxy) is 2. The van der Waals surface area contributed by atoms with E-state index in [2.05, 4.69) is 102 Å². The molecule has 254 valence electrons. The Hall–Kier alpha value is -4.64. The van der Waals surface area contributed by atoms with E-state index >= 15 is 0 Å². The Morgan fingerprint density at radius 3 is 2.41 bits per heavy atom. The molecule has 10 heteroatoms. The first-order chi connectivity index (χ1) is 24.1. The normalized spacial score (nSPS) is 18.8. The summed E-state index contributed by atoms with van der Waals surface area (Å²) in [6.45, 7) is 9.44. The minimum Gasteiger partial charge on any atom is -0.506 e.